The molecular weight excluding hydrogens is 576 g/mol. The van der Waals surface area contributed by atoms with Crippen LogP contribution in [0.5, 0.6) is 11.5 Å². The Hall–Kier alpha value is -2.55. The van der Waals surface area contributed by atoms with E-state index in [0.717, 1.165) is 20.3 Å². The number of aryl methyl sites for hydroxylation is 1. The summed E-state index contributed by atoms with van der Waals surface area (Å²) in [5.74, 6) is 0.814. The number of esters is 1. The van der Waals surface area contributed by atoms with Crippen LogP contribution in [-0.4, -0.2) is 19.0 Å². The zero-order chi connectivity index (χ0) is 23.5. The van der Waals surface area contributed by atoms with Crippen LogP contribution in [0.2, 0.25) is 10.0 Å². The molecule has 3 aromatic carbocycles. The number of rotatable bonds is 6. The Kier molecular flexibility index (Phi) is 7.26. The van der Waals surface area contributed by atoms with Crippen molar-refractivity contribution in [2.75, 3.05) is 7.11 Å². The summed E-state index contributed by atoms with van der Waals surface area (Å²) in [5, 5.41) is 0.762. The van der Waals surface area contributed by atoms with Crippen LogP contribution < -0.4 is 9.47 Å². The molecule has 1 aliphatic heterocycles. The first kappa shape index (κ1) is 23.6. The zero-order valence-electron chi connectivity index (χ0n) is 17.7. The molecule has 0 saturated heterocycles. The molecule has 4 rings (SSSR count). The number of benzene rings is 3. The molecule has 3 aromatic rings. The minimum absolute atomic E-state index is 0.169. The molecule has 0 aromatic heterocycles. The van der Waals surface area contributed by atoms with Crippen LogP contribution in [0.1, 0.15) is 22.3 Å². The highest BCUT2D eigenvalue weighted by Crippen LogP contribution is 2.36. The van der Waals surface area contributed by atoms with Gasteiger partial charge in [-0.1, -0.05) is 47.5 Å². The lowest BCUT2D eigenvalue weighted by molar-refractivity contribution is -0.129. The van der Waals surface area contributed by atoms with E-state index in [1.807, 2.05) is 37.3 Å². The average Bonchev–Trinajstić information content (AvgIpc) is 3.15. The average molecular weight is 594 g/mol. The molecule has 8 heteroatoms. The van der Waals surface area contributed by atoms with Gasteiger partial charge in [0.2, 0.25) is 5.90 Å². The molecule has 168 valence electrons. The van der Waals surface area contributed by atoms with Gasteiger partial charge in [-0.3, -0.25) is 0 Å². The summed E-state index contributed by atoms with van der Waals surface area (Å²) in [6.45, 7) is 2.47. The number of nitrogens with zero attached hydrogens (tertiary/aromatic N) is 1. The Labute approximate surface area is 215 Å². The van der Waals surface area contributed by atoms with Gasteiger partial charge in [0.05, 0.1) is 20.7 Å². The Morgan fingerprint density at radius 2 is 1.88 bits per heavy atom. The third-order valence-corrected chi connectivity index (χ3v) is 6.52. The third kappa shape index (κ3) is 5.34. The Balaban J connectivity index is 1.60. The smallest absolute Gasteiger partial charge is 0.363 e. The van der Waals surface area contributed by atoms with Crippen LogP contribution in [0.4, 0.5) is 0 Å². The third-order valence-electron chi connectivity index (χ3n) is 4.98. The highest BCUT2D eigenvalue weighted by Gasteiger charge is 2.25. The van der Waals surface area contributed by atoms with Crippen LogP contribution in [0, 0.1) is 10.5 Å². The number of ether oxygens (including phenoxy) is 3. The van der Waals surface area contributed by atoms with Gasteiger partial charge >= 0.3 is 5.97 Å². The normalized spacial score (nSPS) is 14.3. The molecule has 0 unspecified atom stereocenters. The van der Waals surface area contributed by atoms with Gasteiger partial charge in [0.15, 0.2) is 17.2 Å². The van der Waals surface area contributed by atoms with E-state index in [9.17, 15) is 4.79 Å². The van der Waals surface area contributed by atoms with Crippen molar-refractivity contribution in [3.8, 4) is 11.5 Å². The standard InChI is InChI=1S/C25H18Cl2INO4/c1-14-5-3-4-6-17(14)13-32-23-20(28)9-15(11-22(23)31-2)10-21-25(30)33-24(29-21)16-7-8-18(26)19(27)12-16/h3-12H,13H2,1-2H3/b21-10-. The molecule has 0 N–H and O–H groups in total. The molecule has 1 aliphatic rings. The van der Waals surface area contributed by atoms with Gasteiger partial charge in [-0.05, 0) is 82.6 Å². The van der Waals surface area contributed by atoms with Gasteiger partial charge in [0.1, 0.15) is 6.61 Å². The lowest BCUT2D eigenvalue weighted by Crippen LogP contribution is -2.05. The summed E-state index contributed by atoms with van der Waals surface area (Å²) < 4.78 is 17.8. The summed E-state index contributed by atoms with van der Waals surface area (Å²) in [6.07, 6.45) is 1.64. The van der Waals surface area contributed by atoms with E-state index >= 15 is 0 Å². The monoisotopic (exact) mass is 593 g/mol. The molecule has 0 amide bonds. The lowest BCUT2D eigenvalue weighted by atomic mass is 10.1. The second-order valence-corrected chi connectivity index (χ2v) is 9.19. The van der Waals surface area contributed by atoms with Gasteiger partial charge < -0.3 is 14.2 Å². The van der Waals surface area contributed by atoms with Crippen LogP contribution in [0.25, 0.3) is 6.08 Å². The fourth-order valence-electron chi connectivity index (χ4n) is 3.20. The summed E-state index contributed by atoms with van der Waals surface area (Å²) in [5.41, 5.74) is 3.71. The summed E-state index contributed by atoms with van der Waals surface area (Å²) >= 11 is 14.2. The first-order valence-electron chi connectivity index (χ1n) is 9.88. The van der Waals surface area contributed by atoms with Crippen LogP contribution >= 0.6 is 45.8 Å². The fourth-order valence-corrected chi connectivity index (χ4v) is 4.28. The maximum absolute atomic E-state index is 12.4. The van der Waals surface area contributed by atoms with Gasteiger partial charge in [-0.25, -0.2) is 9.79 Å². The Bertz CT molecular complexity index is 1300. The van der Waals surface area contributed by atoms with Crippen molar-refractivity contribution in [3.05, 3.63) is 96.2 Å². The van der Waals surface area contributed by atoms with Crippen molar-refractivity contribution in [2.45, 2.75) is 13.5 Å². The van der Waals surface area contributed by atoms with E-state index in [0.29, 0.717) is 33.7 Å². The largest absolute Gasteiger partial charge is 0.493 e. The van der Waals surface area contributed by atoms with E-state index in [2.05, 4.69) is 27.6 Å². The van der Waals surface area contributed by atoms with E-state index in [1.165, 1.54) is 0 Å². The summed E-state index contributed by atoms with van der Waals surface area (Å²) in [7, 11) is 1.58. The second kappa shape index (κ2) is 10.2. The number of carbonyl (C=O) groups excluding carboxylic acids is 1. The molecular formula is C25H18Cl2INO4. The molecule has 0 aliphatic carbocycles. The summed E-state index contributed by atoms with van der Waals surface area (Å²) in [4.78, 5) is 16.7. The fraction of sp³-hybridized carbons (Fsp3) is 0.120. The van der Waals surface area contributed by atoms with E-state index < -0.39 is 5.97 Å². The van der Waals surface area contributed by atoms with Crippen molar-refractivity contribution in [2.24, 2.45) is 4.99 Å². The van der Waals surface area contributed by atoms with E-state index in [4.69, 9.17) is 37.4 Å². The minimum atomic E-state index is -0.551. The van der Waals surface area contributed by atoms with Gasteiger partial charge in [0, 0.05) is 5.56 Å². The molecule has 0 atom stereocenters. The van der Waals surface area contributed by atoms with Gasteiger partial charge in [0.25, 0.3) is 0 Å². The maximum atomic E-state index is 12.4. The lowest BCUT2D eigenvalue weighted by Gasteiger charge is -2.14. The molecule has 0 bridgehead atoms. The predicted octanol–water partition coefficient (Wildman–Crippen LogP) is 6.84. The van der Waals surface area contributed by atoms with Crippen molar-refractivity contribution < 1.29 is 19.0 Å². The number of halogens is 3. The van der Waals surface area contributed by atoms with Crippen LogP contribution in [0.3, 0.4) is 0 Å². The van der Waals surface area contributed by atoms with Gasteiger partial charge in [-0.2, -0.15) is 0 Å². The second-order valence-electron chi connectivity index (χ2n) is 7.21. The number of carbonyl (C=O) groups is 1. The van der Waals surface area contributed by atoms with E-state index in [-0.39, 0.29) is 11.6 Å². The van der Waals surface area contributed by atoms with Crippen molar-refractivity contribution in [3.63, 3.8) is 0 Å². The summed E-state index contributed by atoms with van der Waals surface area (Å²) in [6, 6.07) is 16.7. The SMILES string of the molecule is COc1cc(/C=C2\N=C(c3ccc(Cl)c(Cl)c3)OC2=O)cc(I)c1OCc1ccccc1C. The highest BCUT2D eigenvalue weighted by molar-refractivity contribution is 14.1. The predicted molar refractivity (Wildman–Crippen MR) is 138 cm³/mol. The number of methoxy groups -OCH3 is 1. The number of cyclic esters (lactones) is 1. The number of aliphatic imine (C=N–C) groups is 1. The Morgan fingerprint density at radius 3 is 2.61 bits per heavy atom. The topological polar surface area (TPSA) is 57.1 Å². The van der Waals surface area contributed by atoms with Crippen LogP contribution in [0.15, 0.2) is 65.3 Å². The van der Waals surface area contributed by atoms with Gasteiger partial charge in [-0.15, -0.1) is 0 Å². The minimum Gasteiger partial charge on any atom is -0.493 e. The maximum Gasteiger partial charge on any atom is 0.363 e. The number of hydrogen-bond donors (Lipinski definition) is 0. The van der Waals surface area contributed by atoms with Crippen molar-refractivity contribution in [1.82, 2.24) is 0 Å². The molecule has 0 fully saturated rings. The highest BCUT2D eigenvalue weighted by atomic mass is 127. The van der Waals surface area contributed by atoms with Crippen molar-refractivity contribution >= 4 is 63.7 Å². The zero-order valence-corrected chi connectivity index (χ0v) is 21.4. The molecule has 33 heavy (non-hydrogen) atoms. The van der Waals surface area contributed by atoms with Crippen LogP contribution in [-0.2, 0) is 16.1 Å². The molecule has 1 heterocycles. The molecule has 0 spiro atoms. The molecule has 5 nitrogen and oxygen atoms in total. The molecule has 0 radical (unpaired) electrons. The Morgan fingerprint density at radius 1 is 1.09 bits per heavy atom. The first-order valence-corrected chi connectivity index (χ1v) is 11.7. The first-order chi connectivity index (χ1) is 15.9. The van der Waals surface area contributed by atoms with E-state index in [1.54, 1.807) is 37.5 Å². The quantitative estimate of drug-likeness (QED) is 0.178. The van der Waals surface area contributed by atoms with Crippen molar-refractivity contribution in [1.29, 1.82) is 0 Å². The number of hydrogen-bond acceptors (Lipinski definition) is 5. The molecule has 0 saturated carbocycles.